The zero-order chi connectivity index (χ0) is 20.1. The van der Waals surface area contributed by atoms with Gasteiger partial charge in [-0.25, -0.2) is 5.43 Å². The van der Waals surface area contributed by atoms with E-state index in [4.69, 9.17) is 9.47 Å². The number of hydrogen-bond donors (Lipinski definition) is 2. The number of rotatable bonds is 6. The molecule has 0 radical (unpaired) electrons. The molecule has 2 amide bonds. The molecule has 2 aromatic rings. The van der Waals surface area contributed by atoms with Gasteiger partial charge >= 0.3 is 0 Å². The van der Waals surface area contributed by atoms with Crippen LogP contribution in [0.5, 0.6) is 11.5 Å². The van der Waals surface area contributed by atoms with Gasteiger partial charge in [0.2, 0.25) is 11.8 Å². The third-order valence-electron chi connectivity index (χ3n) is 4.64. The molecule has 1 heterocycles. The molecule has 0 fully saturated rings. The maximum absolute atomic E-state index is 12.7. The van der Waals surface area contributed by atoms with Gasteiger partial charge in [0, 0.05) is 17.7 Å². The predicted molar refractivity (Wildman–Crippen MR) is 107 cm³/mol. The van der Waals surface area contributed by atoms with E-state index in [9.17, 15) is 9.59 Å². The van der Waals surface area contributed by atoms with E-state index in [2.05, 4.69) is 15.8 Å². The molecule has 146 valence electrons. The Balaban J connectivity index is 1.97. The number of nitrogens with one attached hydrogen (secondary N) is 2. The van der Waals surface area contributed by atoms with Crippen molar-refractivity contribution in [3.63, 3.8) is 0 Å². The number of ether oxygens (including phenoxy) is 2. The molecule has 3 rings (SSSR count). The summed E-state index contributed by atoms with van der Waals surface area (Å²) in [5, 5.41) is 7.05. The minimum absolute atomic E-state index is 0.0181. The lowest BCUT2D eigenvalue weighted by Gasteiger charge is -2.19. The normalized spacial score (nSPS) is 15.6. The van der Waals surface area contributed by atoms with Crippen molar-refractivity contribution in [3.05, 3.63) is 53.6 Å². The molecule has 1 aliphatic heterocycles. The fourth-order valence-electron chi connectivity index (χ4n) is 3.23. The van der Waals surface area contributed by atoms with Gasteiger partial charge in [0.05, 0.1) is 25.8 Å². The summed E-state index contributed by atoms with van der Waals surface area (Å²) in [5.74, 6) is -0.248. The van der Waals surface area contributed by atoms with Crippen molar-refractivity contribution in [1.29, 1.82) is 0 Å². The first-order chi connectivity index (χ1) is 13.6. The highest BCUT2D eigenvalue weighted by Gasteiger charge is 2.31. The van der Waals surface area contributed by atoms with Crippen molar-refractivity contribution in [2.45, 2.75) is 25.7 Å². The molecule has 0 unspecified atom stereocenters. The van der Waals surface area contributed by atoms with Crippen LogP contribution in [0.4, 0.5) is 5.69 Å². The summed E-state index contributed by atoms with van der Waals surface area (Å²) in [5.41, 5.74) is 5.44. The number of nitrogens with zero attached hydrogens (tertiary/aromatic N) is 1. The predicted octanol–water partition coefficient (Wildman–Crippen LogP) is 3.06. The van der Waals surface area contributed by atoms with Crippen LogP contribution in [0.25, 0.3) is 0 Å². The summed E-state index contributed by atoms with van der Waals surface area (Å²) < 4.78 is 10.8. The molecule has 28 heavy (non-hydrogen) atoms. The molecule has 1 atom stereocenters. The monoisotopic (exact) mass is 381 g/mol. The van der Waals surface area contributed by atoms with E-state index in [0.717, 1.165) is 11.3 Å². The topological polar surface area (TPSA) is 89.0 Å². The highest BCUT2D eigenvalue weighted by atomic mass is 16.5. The van der Waals surface area contributed by atoms with E-state index in [1.807, 2.05) is 25.1 Å². The summed E-state index contributed by atoms with van der Waals surface area (Å²) in [6.07, 6.45) is 0.599. The van der Waals surface area contributed by atoms with E-state index in [1.54, 1.807) is 31.4 Å². The van der Waals surface area contributed by atoms with E-state index < -0.39 is 5.92 Å². The smallest absolute Gasteiger partial charge is 0.248 e. The second-order valence-corrected chi connectivity index (χ2v) is 6.35. The van der Waals surface area contributed by atoms with Crippen LogP contribution >= 0.6 is 0 Å². The molecule has 0 spiro atoms. The van der Waals surface area contributed by atoms with Gasteiger partial charge in [-0.05, 0) is 36.2 Å². The van der Waals surface area contributed by atoms with Crippen LogP contribution in [0, 0.1) is 0 Å². The Morgan fingerprint density at radius 2 is 1.82 bits per heavy atom. The molecule has 0 bridgehead atoms. The Hall–Kier alpha value is -3.35. The van der Waals surface area contributed by atoms with Crippen LogP contribution in [0.1, 0.15) is 36.8 Å². The number of para-hydroxylation sites is 1. The van der Waals surface area contributed by atoms with Crippen molar-refractivity contribution < 1.29 is 19.1 Å². The van der Waals surface area contributed by atoms with Gasteiger partial charge < -0.3 is 14.8 Å². The molecular weight excluding hydrogens is 358 g/mol. The van der Waals surface area contributed by atoms with Crippen molar-refractivity contribution in [1.82, 2.24) is 5.43 Å². The summed E-state index contributed by atoms with van der Waals surface area (Å²) in [7, 11) is 3.09. The van der Waals surface area contributed by atoms with E-state index in [1.165, 1.54) is 7.11 Å². The number of anilines is 1. The maximum atomic E-state index is 12.7. The van der Waals surface area contributed by atoms with Crippen LogP contribution < -0.4 is 20.2 Å². The standard InChI is InChI=1S/C21H23N3O4/c1-4-17-15-11-19(28-3)18(27-2)10-14(15)16(21(26)24-23-17)12-20(25)22-13-8-6-5-7-9-13/h5-11,16H,4,12H2,1-3H3,(H,22,25)(H,24,26)/t16-/m0/s1. The summed E-state index contributed by atoms with van der Waals surface area (Å²) in [6.45, 7) is 1.95. The second kappa shape index (κ2) is 8.56. The number of hydrogen-bond acceptors (Lipinski definition) is 5. The first-order valence-electron chi connectivity index (χ1n) is 9.05. The van der Waals surface area contributed by atoms with Gasteiger partial charge in [-0.3, -0.25) is 9.59 Å². The molecule has 0 saturated heterocycles. The largest absolute Gasteiger partial charge is 0.493 e. The third kappa shape index (κ3) is 3.98. The number of fused-ring (bicyclic) bond motifs is 1. The number of methoxy groups -OCH3 is 2. The van der Waals surface area contributed by atoms with Gasteiger partial charge in [-0.15, -0.1) is 0 Å². The minimum atomic E-state index is -0.702. The molecule has 2 aromatic carbocycles. The number of carbonyl (C=O) groups is 2. The van der Waals surface area contributed by atoms with Crippen LogP contribution in [0.2, 0.25) is 0 Å². The van der Waals surface area contributed by atoms with Crippen molar-refractivity contribution in [2.75, 3.05) is 19.5 Å². The number of benzene rings is 2. The third-order valence-corrected chi connectivity index (χ3v) is 4.64. The number of hydrazone groups is 1. The van der Waals surface area contributed by atoms with Gasteiger partial charge in [-0.2, -0.15) is 5.10 Å². The second-order valence-electron chi connectivity index (χ2n) is 6.35. The SMILES string of the molecule is CCC1=NNC(=O)[C@@H](CC(=O)Nc2ccccc2)c2cc(OC)c(OC)cc21. The average Bonchev–Trinajstić information content (AvgIpc) is 2.84. The molecule has 2 N–H and O–H groups in total. The lowest BCUT2D eigenvalue weighted by molar-refractivity contribution is -0.125. The molecule has 0 aromatic heterocycles. The minimum Gasteiger partial charge on any atom is -0.493 e. The molecule has 7 nitrogen and oxygen atoms in total. The number of carbonyl (C=O) groups excluding carboxylic acids is 2. The van der Waals surface area contributed by atoms with Crippen molar-refractivity contribution in [2.24, 2.45) is 5.10 Å². The van der Waals surface area contributed by atoms with E-state index >= 15 is 0 Å². The zero-order valence-corrected chi connectivity index (χ0v) is 16.1. The first kappa shape index (κ1) is 19.4. The van der Waals surface area contributed by atoms with Crippen molar-refractivity contribution >= 4 is 23.2 Å². The molecule has 0 aliphatic carbocycles. The summed E-state index contributed by atoms with van der Waals surface area (Å²) in [6, 6.07) is 12.7. The van der Waals surface area contributed by atoms with E-state index in [0.29, 0.717) is 29.2 Å². The van der Waals surface area contributed by atoms with Crippen LogP contribution in [0.15, 0.2) is 47.6 Å². The lowest BCUT2D eigenvalue weighted by atomic mass is 9.88. The highest BCUT2D eigenvalue weighted by Crippen LogP contribution is 2.37. The van der Waals surface area contributed by atoms with Crippen LogP contribution in [-0.4, -0.2) is 31.7 Å². The Kier molecular flexibility index (Phi) is 5.93. The van der Waals surface area contributed by atoms with Crippen LogP contribution in [-0.2, 0) is 9.59 Å². The van der Waals surface area contributed by atoms with Gasteiger partial charge in [0.1, 0.15) is 0 Å². The zero-order valence-electron chi connectivity index (χ0n) is 16.1. The van der Waals surface area contributed by atoms with Gasteiger partial charge in [-0.1, -0.05) is 25.1 Å². The first-order valence-corrected chi connectivity index (χ1v) is 9.05. The quantitative estimate of drug-likeness (QED) is 0.805. The highest BCUT2D eigenvalue weighted by molar-refractivity contribution is 6.07. The molecular formula is C21H23N3O4. The maximum Gasteiger partial charge on any atom is 0.248 e. The fourth-order valence-corrected chi connectivity index (χ4v) is 3.23. The van der Waals surface area contributed by atoms with Gasteiger partial charge in [0.15, 0.2) is 11.5 Å². The van der Waals surface area contributed by atoms with E-state index in [-0.39, 0.29) is 18.2 Å². The summed E-state index contributed by atoms with van der Waals surface area (Å²) >= 11 is 0. The molecule has 7 heteroatoms. The lowest BCUT2D eigenvalue weighted by Crippen LogP contribution is -2.28. The average molecular weight is 381 g/mol. The summed E-state index contributed by atoms with van der Waals surface area (Å²) in [4.78, 5) is 25.3. The number of amides is 2. The molecule has 1 aliphatic rings. The fraction of sp³-hybridized carbons (Fsp3) is 0.286. The van der Waals surface area contributed by atoms with Crippen LogP contribution in [0.3, 0.4) is 0 Å². The Morgan fingerprint density at radius 1 is 1.14 bits per heavy atom. The molecule has 0 saturated carbocycles. The van der Waals surface area contributed by atoms with Crippen molar-refractivity contribution in [3.8, 4) is 11.5 Å². The Bertz CT molecular complexity index is 909. The van der Waals surface area contributed by atoms with Gasteiger partial charge in [0.25, 0.3) is 0 Å². The Morgan fingerprint density at radius 3 is 2.46 bits per heavy atom. The Labute approximate surface area is 163 Å².